The van der Waals surface area contributed by atoms with Gasteiger partial charge in [-0.05, 0) is 23.3 Å². The highest BCUT2D eigenvalue weighted by atomic mass is 16.2. The molecule has 3 rings (SSSR count). The highest BCUT2D eigenvalue weighted by Crippen LogP contribution is 2.29. The van der Waals surface area contributed by atoms with Crippen LogP contribution in [0.4, 0.5) is 5.69 Å². The van der Waals surface area contributed by atoms with E-state index in [0.29, 0.717) is 23.2 Å². The summed E-state index contributed by atoms with van der Waals surface area (Å²) < 4.78 is 0. The van der Waals surface area contributed by atoms with Gasteiger partial charge in [-0.2, -0.15) is 0 Å². The van der Waals surface area contributed by atoms with Gasteiger partial charge >= 0.3 is 0 Å². The smallest absolute Gasteiger partial charge is 0.258 e. The number of nitrogens with zero attached hydrogens (tertiary/aromatic N) is 1. The molecule has 0 spiro atoms. The molecule has 0 fully saturated rings. The van der Waals surface area contributed by atoms with E-state index in [2.05, 4.69) is 0 Å². The van der Waals surface area contributed by atoms with Crippen molar-refractivity contribution >= 4 is 23.4 Å². The van der Waals surface area contributed by atoms with Crippen LogP contribution in [0.5, 0.6) is 0 Å². The number of nitrogens with two attached hydrogens (primary N) is 1. The van der Waals surface area contributed by atoms with Crippen LogP contribution in [0.25, 0.3) is 0 Å². The van der Waals surface area contributed by atoms with E-state index in [1.807, 2.05) is 30.3 Å². The van der Waals surface area contributed by atoms with Gasteiger partial charge in [0, 0.05) is 24.1 Å². The Morgan fingerprint density at radius 1 is 0.913 bits per heavy atom. The van der Waals surface area contributed by atoms with E-state index in [4.69, 9.17) is 5.73 Å². The molecule has 2 aromatic rings. The maximum Gasteiger partial charge on any atom is 0.258 e. The third-order valence-corrected chi connectivity index (χ3v) is 3.69. The zero-order chi connectivity index (χ0) is 16.4. The Bertz CT molecular complexity index is 807. The first-order chi connectivity index (χ1) is 11.1. The van der Waals surface area contributed by atoms with E-state index >= 15 is 0 Å². The third kappa shape index (κ3) is 2.76. The van der Waals surface area contributed by atoms with Crippen molar-refractivity contribution in [3.63, 3.8) is 0 Å². The maximum absolute atomic E-state index is 12.0. The Labute approximate surface area is 133 Å². The minimum Gasteiger partial charge on any atom is -0.366 e. The van der Waals surface area contributed by atoms with Crippen LogP contribution in [0.15, 0.2) is 60.7 Å². The predicted molar refractivity (Wildman–Crippen MR) is 85.8 cm³/mol. The number of benzene rings is 2. The summed E-state index contributed by atoms with van der Waals surface area (Å²) in [5.74, 6) is -1.44. The average molecular weight is 306 g/mol. The first-order valence-corrected chi connectivity index (χ1v) is 7.09. The van der Waals surface area contributed by atoms with Gasteiger partial charge in [-0.25, -0.2) is 4.90 Å². The molecule has 0 aliphatic carbocycles. The summed E-state index contributed by atoms with van der Waals surface area (Å²) in [4.78, 5) is 36.8. The number of rotatable bonds is 4. The summed E-state index contributed by atoms with van der Waals surface area (Å²) >= 11 is 0. The van der Waals surface area contributed by atoms with Crippen molar-refractivity contribution in [1.82, 2.24) is 0 Å². The summed E-state index contributed by atoms with van der Waals surface area (Å²) in [5, 5.41) is 0. The van der Waals surface area contributed by atoms with Gasteiger partial charge < -0.3 is 5.73 Å². The summed E-state index contributed by atoms with van der Waals surface area (Å²) in [7, 11) is 0. The zero-order valence-electron chi connectivity index (χ0n) is 12.2. The minimum atomic E-state index is -0.593. The van der Waals surface area contributed by atoms with Crippen molar-refractivity contribution in [3.05, 3.63) is 77.4 Å². The van der Waals surface area contributed by atoms with Crippen LogP contribution in [0.2, 0.25) is 0 Å². The lowest BCUT2D eigenvalue weighted by Gasteiger charge is -2.20. The maximum atomic E-state index is 12.0. The topological polar surface area (TPSA) is 80.5 Å². The Morgan fingerprint density at radius 2 is 1.57 bits per heavy atom. The molecule has 0 radical (unpaired) electrons. The molecule has 2 aromatic carbocycles. The number of primary amides is 1. The van der Waals surface area contributed by atoms with Crippen molar-refractivity contribution in [2.75, 3.05) is 4.90 Å². The molecule has 114 valence electrons. The van der Waals surface area contributed by atoms with Crippen LogP contribution in [0.1, 0.15) is 21.5 Å². The molecule has 3 amide bonds. The van der Waals surface area contributed by atoms with Crippen molar-refractivity contribution in [3.8, 4) is 0 Å². The first kappa shape index (κ1) is 14.7. The van der Waals surface area contributed by atoms with Crippen molar-refractivity contribution in [2.24, 2.45) is 5.73 Å². The molecule has 0 aromatic heterocycles. The lowest BCUT2D eigenvalue weighted by molar-refractivity contribution is -0.120. The summed E-state index contributed by atoms with van der Waals surface area (Å²) in [6.45, 7) is 0. The number of imide groups is 1. The summed E-state index contributed by atoms with van der Waals surface area (Å²) in [5.41, 5.74) is 7.68. The van der Waals surface area contributed by atoms with Crippen LogP contribution in [-0.2, 0) is 16.0 Å². The fraction of sp³-hybridized carbons (Fsp3) is 0.0556. The molecule has 5 heteroatoms. The van der Waals surface area contributed by atoms with E-state index in [0.717, 1.165) is 10.5 Å². The molecule has 1 aliphatic rings. The van der Waals surface area contributed by atoms with Gasteiger partial charge in [-0.3, -0.25) is 14.4 Å². The molecule has 1 aliphatic heterocycles. The standard InChI is InChI=1S/C18H14N2O3/c19-18(23)13-7-4-8-15(20-16(21)9-10-17(20)22)14(13)11-12-5-2-1-3-6-12/h1-10H,11H2,(H2,19,23). The number of anilines is 1. The average Bonchev–Trinajstić information content (AvgIpc) is 2.87. The van der Waals surface area contributed by atoms with E-state index < -0.39 is 17.7 Å². The second kappa shape index (κ2) is 5.88. The number of carbonyl (C=O) groups excluding carboxylic acids is 3. The predicted octanol–water partition coefficient (Wildman–Crippen LogP) is 1.81. The Kier molecular flexibility index (Phi) is 3.76. The Morgan fingerprint density at radius 3 is 2.17 bits per heavy atom. The van der Waals surface area contributed by atoms with E-state index in [9.17, 15) is 14.4 Å². The normalized spacial score (nSPS) is 13.7. The Balaban J connectivity index is 2.13. The van der Waals surface area contributed by atoms with Crippen LogP contribution in [-0.4, -0.2) is 17.7 Å². The first-order valence-electron chi connectivity index (χ1n) is 7.09. The molecular formula is C18H14N2O3. The largest absolute Gasteiger partial charge is 0.366 e. The summed E-state index contributed by atoms with van der Waals surface area (Å²) in [6, 6.07) is 14.3. The summed E-state index contributed by atoms with van der Waals surface area (Å²) in [6.07, 6.45) is 2.82. The molecule has 0 atom stereocenters. The number of amides is 3. The number of hydrogen-bond donors (Lipinski definition) is 1. The van der Waals surface area contributed by atoms with Crippen LogP contribution < -0.4 is 10.6 Å². The van der Waals surface area contributed by atoms with Gasteiger partial charge in [0.2, 0.25) is 5.91 Å². The van der Waals surface area contributed by atoms with Crippen molar-refractivity contribution in [1.29, 1.82) is 0 Å². The third-order valence-electron chi connectivity index (χ3n) is 3.69. The fourth-order valence-corrected chi connectivity index (χ4v) is 2.64. The SMILES string of the molecule is NC(=O)c1cccc(N2C(=O)C=CC2=O)c1Cc1ccccc1. The van der Waals surface area contributed by atoms with E-state index in [1.165, 1.54) is 12.2 Å². The second-order valence-corrected chi connectivity index (χ2v) is 5.18. The molecule has 2 N–H and O–H groups in total. The van der Waals surface area contributed by atoms with Gasteiger partial charge in [0.15, 0.2) is 0 Å². The number of hydrogen-bond acceptors (Lipinski definition) is 3. The molecule has 23 heavy (non-hydrogen) atoms. The van der Waals surface area contributed by atoms with Gasteiger partial charge in [0.1, 0.15) is 0 Å². The van der Waals surface area contributed by atoms with Crippen LogP contribution in [0, 0.1) is 0 Å². The quantitative estimate of drug-likeness (QED) is 0.875. The Hall–Kier alpha value is -3.21. The molecule has 1 heterocycles. The molecular weight excluding hydrogens is 292 g/mol. The molecule has 0 saturated carbocycles. The van der Waals surface area contributed by atoms with Gasteiger partial charge in [-0.1, -0.05) is 36.4 Å². The lowest BCUT2D eigenvalue weighted by atomic mass is 9.96. The monoisotopic (exact) mass is 306 g/mol. The highest BCUT2D eigenvalue weighted by Gasteiger charge is 2.28. The molecule has 0 unspecified atom stereocenters. The number of carbonyl (C=O) groups is 3. The van der Waals surface area contributed by atoms with Gasteiger partial charge in [-0.15, -0.1) is 0 Å². The van der Waals surface area contributed by atoms with E-state index in [1.54, 1.807) is 18.2 Å². The molecule has 0 bridgehead atoms. The second-order valence-electron chi connectivity index (χ2n) is 5.18. The van der Waals surface area contributed by atoms with Gasteiger partial charge in [0.25, 0.3) is 11.8 Å². The van der Waals surface area contributed by atoms with Crippen molar-refractivity contribution < 1.29 is 14.4 Å². The minimum absolute atomic E-state index is 0.304. The lowest BCUT2D eigenvalue weighted by Crippen LogP contribution is -2.31. The molecule has 0 saturated heterocycles. The van der Waals surface area contributed by atoms with Gasteiger partial charge in [0.05, 0.1) is 5.69 Å². The highest BCUT2D eigenvalue weighted by molar-refractivity contribution is 6.28. The van der Waals surface area contributed by atoms with Crippen molar-refractivity contribution in [2.45, 2.75) is 6.42 Å². The van der Waals surface area contributed by atoms with Crippen LogP contribution >= 0.6 is 0 Å². The van der Waals surface area contributed by atoms with E-state index in [-0.39, 0.29) is 0 Å². The zero-order valence-corrected chi connectivity index (χ0v) is 12.2. The fourth-order valence-electron chi connectivity index (χ4n) is 2.64. The van der Waals surface area contributed by atoms with Crippen LogP contribution in [0.3, 0.4) is 0 Å². The molecule has 5 nitrogen and oxygen atoms in total.